The zero-order valence-electron chi connectivity index (χ0n) is 21.6. The first kappa shape index (κ1) is 23.6. The van der Waals surface area contributed by atoms with Crippen molar-refractivity contribution in [3.63, 3.8) is 0 Å². The van der Waals surface area contributed by atoms with Crippen LogP contribution in [0.5, 0.6) is 0 Å². The fourth-order valence-electron chi connectivity index (χ4n) is 5.13. The third-order valence-electron chi connectivity index (χ3n) is 6.86. The van der Waals surface area contributed by atoms with Crippen molar-refractivity contribution in [1.82, 2.24) is 9.97 Å². The van der Waals surface area contributed by atoms with E-state index in [-0.39, 0.29) is 0 Å². The summed E-state index contributed by atoms with van der Waals surface area (Å²) in [6.07, 6.45) is 3.98. The fraction of sp³-hybridized carbons (Fsp3) is 0.0556. The van der Waals surface area contributed by atoms with Crippen molar-refractivity contribution in [2.24, 2.45) is 0 Å². The minimum Gasteiger partial charge on any atom is -0.256 e. The molecule has 2 heteroatoms. The number of rotatable bonds is 5. The zero-order valence-corrected chi connectivity index (χ0v) is 21.6. The summed E-state index contributed by atoms with van der Waals surface area (Å²) in [5.74, 6) is 0. The highest BCUT2D eigenvalue weighted by Gasteiger charge is 2.16. The van der Waals surface area contributed by atoms with Crippen LogP contribution in [0, 0.1) is 13.8 Å². The minimum atomic E-state index is 0.971. The Labute approximate surface area is 224 Å². The lowest BCUT2D eigenvalue weighted by Gasteiger charge is -2.17. The van der Waals surface area contributed by atoms with Gasteiger partial charge in [-0.3, -0.25) is 9.97 Å². The first-order valence-electron chi connectivity index (χ1n) is 12.9. The number of pyridine rings is 2. The molecule has 0 amide bonds. The summed E-state index contributed by atoms with van der Waals surface area (Å²) in [4.78, 5) is 9.66. The molecule has 38 heavy (non-hydrogen) atoms. The zero-order chi connectivity index (χ0) is 25.9. The van der Waals surface area contributed by atoms with Crippen LogP contribution in [0.4, 0.5) is 0 Å². The predicted molar refractivity (Wildman–Crippen MR) is 159 cm³/mol. The van der Waals surface area contributed by atoms with E-state index >= 15 is 0 Å². The number of hydrogen-bond acceptors (Lipinski definition) is 2. The van der Waals surface area contributed by atoms with E-state index in [4.69, 9.17) is 9.97 Å². The fourth-order valence-corrected chi connectivity index (χ4v) is 5.13. The van der Waals surface area contributed by atoms with Gasteiger partial charge in [-0.25, -0.2) is 0 Å². The van der Waals surface area contributed by atoms with Crippen LogP contribution in [-0.2, 0) is 0 Å². The normalized spacial score (nSPS) is 10.9. The van der Waals surface area contributed by atoms with Crippen molar-refractivity contribution in [3.8, 4) is 55.9 Å². The van der Waals surface area contributed by atoms with Crippen LogP contribution in [0.15, 0.2) is 134 Å². The van der Waals surface area contributed by atoms with Crippen molar-refractivity contribution >= 4 is 0 Å². The topological polar surface area (TPSA) is 25.8 Å². The summed E-state index contributed by atoms with van der Waals surface area (Å²) in [5, 5.41) is 0. The molecule has 2 nitrogen and oxygen atoms in total. The Kier molecular flexibility index (Phi) is 6.37. The molecule has 0 saturated carbocycles. The highest BCUT2D eigenvalue weighted by Crippen LogP contribution is 2.41. The van der Waals surface area contributed by atoms with E-state index in [0.717, 1.165) is 44.8 Å². The van der Waals surface area contributed by atoms with Crippen molar-refractivity contribution in [2.75, 3.05) is 0 Å². The first-order chi connectivity index (χ1) is 18.7. The Bertz CT molecular complexity index is 1560. The quantitative estimate of drug-likeness (QED) is 0.241. The minimum absolute atomic E-state index is 0.971. The van der Waals surface area contributed by atoms with Crippen LogP contribution >= 0.6 is 0 Å². The molecule has 0 aliphatic rings. The maximum absolute atomic E-state index is 4.83. The molecule has 0 aliphatic heterocycles. The van der Waals surface area contributed by atoms with Gasteiger partial charge in [-0.15, -0.1) is 0 Å². The van der Waals surface area contributed by atoms with E-state index in [1.807, 2.05) is 48.8 Å². The van der Waals surface area contributed by atoms with Gasteiger partial charge in [-0.2, -0.15) is 0 Å². The van der Waals surface area contributed by atoms with E-state index in [9.17, 15) is 0 Å². The summed E-state index contributed by atoms with van der Waals surface area (Å²) in [5.41, 5.74) is 13.6. The molecule has 4 aromatic carbocycles. The number of hydrogen-bond donors (Lipinski definition) is 0. The van der Waals surface area contributed by atoms with Crippen molar-refractivity contribution in [3.05, 3.63) is 145 Å². The van der Waals surface area contributed by atoms with Gasteiger partial charge in [-0.05, 0) is 48.2 Å². The average Bonchev–Trinajstić information content (AvgIpc) is 2.97. The molecule has 2 heterocycles. The van der Waals surface area contributed by atoms with Gasteiger partial charge in [0, 0.05) is 34.6 Å². The van der Waals surface area contributed by atoms with Crippen LogP contribution in [-0.4, -0.2) is 9.97 Å². The summed E-state index contributed by atoms with van der Waals surface area (Å²) in [6.45, 7) is 4.32. The van der Waals surface area contributed by atoms with Gasteiger partial charge >= 0.3 is 0 Å². The molecule has 0 aliphatic carbocycles. The van der Waals surface area contributed by atoms with E-state index in [1.54, 1.807) is 0 Å². The van der Waals surface area contributed by atoms with Gasteiger partial charge in [0.25, 0.3) is 0 Å². The molecular weight excluding hydrogens is 460 g/mol. The standard InChI is InChI=1S/C36H28N2/c1-25-20-26(2)22-31(21-25)36-32(29-16-18-34(37-23-29)27-10-5-3-6-11-27)14-9-15-33(36)30-17-19-35(38-24-30)28-12-7-4-8-13-28/h3-24H,1-2H3. The Morgan fingerprint density at radius 3 is 1.29 bits per heavy atom. The summed E-state index contributed by atoms with van der Waals surface area (Å²) in [6, 6.07) is 42.5. The number of aryl methyl sites for hydroxylation is 2. The average molecular weight is 489 g/mol. The highest BCUT2D eigenvalue weighted by atomic mass is 14.7. The maximum atomic E-state index is 4.83. The van der Waals surface area contributed by atoms with Crippen LogP contribution < -0.4 is 0 Å². The Morgan fingerprint density at radius 1 is 0.395 bits per heavy atom. The van der Waals surface area contributed by atoms with Crippen molar-refractivity contribution in [2.45, 2.75) is 13.8 Å². The molecular formula is C36H28N2. The van der Waals surface area contributed by atoms with E-state index in [1.165, 1.54) is 22.3 Å². The van der Waals surface area contributed by atoms with Gasteiger partial charge < -0.3 is 0 Å². The second kappa shape index (κ2) is 10.3. The third kappa shape index (κ3) is 4.77. The van der Waals surface area contributed by atoms with E-state index in [0.29, 0.717) is 0 Å². The lowest BCUT2D eigenvalue weighted by Crippen LogP contribution is -1.94. The second-order valence-electron chi connectivity index (χ2n) is 9.70. The predicted octanol–water partition coefficient (Wildman–Crippen LogP) is 9.43. The first-order valence-corrected chi connectivity index (χ1v) is 12.9. The molecule has 0 spiro atoms. The molecule has 6 aromatic rings. The number of benzene rings is 4. The lowest BCUT2D eigenvalue weighted by atomic mass is 9.87. The van der Waals surface area contributed by atoms with Crippen molar-refractivity contribution < 1.29 is 0 Å². The van der Waals surface area contributed by atoms with Crippen LogP contribution in [0.3, 0.4) is 0 Å². The Morgan fingerprint density at radius 2 is 0.868 bits per heavy atom. The molecule has 6 rings (SSSR count). The van der Waals surface area contributed by atoms with Crippen LogP contribution in [0.2, 0.25) is 0 Å². The van der Waals surface area contributed by atoms with Gasteiger partial charge in [0.1, 0.15) is 0 Å². The molecule has 0 bridgehead atoms. The summed E-state index contributed by atoms with van der Waals surface area (Å²) in [7, 11) is 0. The Hall–Kier alpha value is -4.82. The van der Waals surface area contributed by atoms with E-state index in [2.05, 4.69) is 98.8 Å². The smallest absolute Gasteiger partial charge is 0.0702 e. The van der Waals surface area contributed by atoms with Gasteiger partial charge in [0.15, 0.2) is 0 Å². The lowest BCUT2D eigenvalue weighted by molar-refractivity contribution is 1.32. The number of aromatic nitrogens is 2. The molecule has 0 unspecified atom stereocenters. The SMILES string of the molecule is Cc1cc(C)cc(-c2c(-c3ccc(-c4ccccc4)nc3)cccc2-c2ccc(-c3ccccc3)nc2)c1. The maximum Gasteiger partial charge on any atom is 0.0702 e. The van der Waals surface area contributed by atoms with Gasteiger partial charge in [-0.1, -0.05) is 120 Å². The molecule has 0 saturated heterocycles. The van der Waals surface area contributed by atoms with Gasteiger partial charge in [0.2, 0.25) is 0 Å². The summed E-state index contributed by atoms with van der Waals surface area (Å²) < 4.78 is 0. The largest absolute Gasteiger partial charge is 0.256 e. The summed E-state index contributed by atoms with van der Waals surface area (Å²) >= 11 is 0. The van der Waals surface area contributed by atoms with Crippen LogP contribution in [0.25, 0.3) is 55.9 Å². The molecule has 0 radical (unpaired) electrons. The van der Waals surface area contributed by atoms with E-state index < -0.39 is 0 Å². The van der Waals surface area contributed by atoms with Crippen LogP contribution in [0.1, 0.15) is 11.1 Å². The monoisotopic (exact) mass is 488 g/mol. The molecule has 182 valence electrons. The number of nitrogens with zero attached hydrogens (tertiary/aromatic N) is 2. The third-order valence-corrected chi connectivity index (χ3v) is 6.86. The molecule has 0 fully saturated rings. The molecule has 2 aromatic heterocycles. The van der Waals surface area contributed by atoms with Gasteiger partial charge in [0.05, 0.1) is 11.4 Å². The molecule has 0 N–H and O–H groups in total. The second-order valence-corrected chi connectivity index (χ2v) is 9.70. The highest BCUT2D eigenvalue weighted by molar-refractivity contribution is 5.94. The molecule has 0 atom stereocenters. The Balaban J connectivity index is 1.49. The van der Waals surface area contributed by atoms with Crippen molar-refractivity contribution in [1.29, 1.82) is 0 Å².